The molecule has 3 atom stereocenters. The molecule has 1 aromatic carbocycles. The molecule has 0 fully saturated rings. The summed E-state index contributed by atoms with van der Waals surface area (Å²) in [5, 5.41) is 11.4. The van der Waals surface area contributed by atoms with E-state index in [-0.39, 0.29) is 28.0 Å². The van der Waals surface area contributed by atoms with Gasteiger partial charge in [-0.05, 0) is 19.4 Å². The van der Waals surface area contributed by atoms with E-state index in [2.05, 4.69) is 4.98 Å². The molecule has 2 aliphatic rings. The summed E-state index contributed by atoms with van der Waals surface area (Å²) < 4.78 is 16.8. The first-order valence-electron chi connectivity index (χ1n) is 8.67. The molecule has 0 radical (unpaired) electrons. The van der Waals surface area contributed by atoms with Crippen LogP contribution < -0.4 is 14.2 Å². The van der Waals surface area contributed by atoms with Crippen molar-refractivity contribution >= 4 is 17.4 Å². The maximum absolute atomic E-state index is 13.5. The Morgan fingerprint density at radius 3 is 2.67 bits per heavy atom. The number of aliphatic hydroxyl groups is 1. The number of hydrogen-bond acceptors (Lipinski definition) is 6. The van der Waals surface area contributed by atoms with E-state index in [1.807, 2.05) is 19.9 Å². The minimum atomic E-state index is -1.48. The standard InChI is InChI=1S/C20H20ClNO5/c1-9-7-12-11(6-5-10(2)22-12)18(23)20(9)19(24)15-13(25-3)8-14(26-4)16(21)17(15)27-20/h5-6,8-9,18,23H,7H2,1-4H3/t9-,18?,20+/m1/s1. The van der Waals surface area contributed by atoms with Crippen LogP contribution in [0.3, 0.4) is 0 Å². The number of rotatable bonds is 2. The van der Waals surface area contributed by atoms with E-state index in [1.165, 1.54) is 14.2 Å². The summed E-state index contributed by atoms with van der Waals surface area (Å²) in [5.74, 6) is 0.173. The van der Waals surface area contributed by atoms with Gasteiger partial charge in [0.2, 0.25) is 11.4 Å². The number of pyridine rings is 1. The SMILES string of the molecule is COc1cc(OC)c2c(c1Cl)O[C@]1(C2=O)C(O)c2ccc(C)nc2C[C@H]1C. The monoisotopic (exact) mass is 389 g/mol. The fourth-order valence-electron chi connectivity index (χ4n) is 4.10. The van der Waals surface area contributed by atoms with Crippen molar-refractivity contribution in [1.82, 2.24) is 4.98 Å². The lowest BCUT2D eigenvalue weighted by atomic mass is 9.70. The van der Waals surface area contributed by atoms with Crippen LogP contribution in [0, 0.1) is 12.8 Å². The van der Waals surface area contributed by atoms with Gasteiger partial charge in [-0.15, -0.1) is 0 Å². The Morgan fingerprint density at radius 1 is 1.30 bits per heavy atom. The third kappa shape index (κ3) is 2.29. The number of fused-ring (bicyclic) bond motifs is 2. The van der Waals surface area contributed by atoms with Crippen LogP contribution in [0.1, 0.15) is 40.3 Å². The normalized spacial score (nSPS) is 25.8. The highest BCUT2D eigenvalue weighted by molar-refractivity contribution is 6.35. The van der Waals surface area contributed by atoms with E-state index in [9.17, 15) is 9.90 Å². The first-order chi connectivity index (χ1) is 12.8. The molecule has 0 saturated carbocycles. The molecule has 2 heterocycles. The number of aryl methyl sites for hydroxylation is 1. The second-order valence-corrected chi connectivity index (χ2v) is 7.40. The van der Waals surface area contributed by atoms with E-state index in [0.29, 0.717) is 23.5 Å². The van der Waals surface area contributed by atoms with Gasteiger partial charge in [0.1, 0.15) is 28.2 Å². The zero-order valence-electron chi connectivity index (χ0n) is 15.5. The Bertz CT molecular complexity index is 960. The number of aromatic nitrogens is 1. The van der Waals surface area contributed by atoms with Crippen molar-refractivity contribution in [3.8, 4) is 17.2 Å². The van der Waals surface area contributed by atoms with Gasteiger partial charge >= 0.3 is 0 Å². The summed E-state index contributed by atoms with van der Waals surface area (Å²) in [4.78, 5) is 18.0. The van der Waals surface area contributed by atoms with Gasteiger partial charge in [-0.25, -0.2) is 0 Å². The van der Waals surface area contributed by atoms with Crippen LogP contribution >= 0.6 is 11.6 Å². The molecule has 1 aliphatic carbocycles. The highest BCUT2D eigenvalue weighted by Gasteiger charge is 2.61. The third-order valence-electron chi connectivity index (χ3n) is 5.53. The molecular weight excluding hydrogens is 370 g/mol. The molecule has 1 N–H and O–H groups in total. The van der Waals surface area contributed by atoms with Crippen LogP contribution in [0.2, 0.25) is 5.02 Å². The van der Waals surface area contributed by atoms with Gasteiger partial charge in [-0.3, -0.25) is 9.78 Å². The molecular formula is C20H20ClNO5. The summed E-state index contributed by atoms with van der Waals surface area (Å²) in [6, 6.07) is 5.17. The summed E-state index contributed by atoms with van der Waals surface area (Å²) in [6.45, 7) is 3.77. The quantitative estimate of drug-likeness (QED) is 0.849. The van der Waals surface area contributed by atoms with E-state index < -0.39 is 11.7 Å². The lowest BCUT2D eigenvalue weighted by Gasteiger charge is -2.41. The fourth-order valence-corrected chi connectivity index (χ4v) is 4.36. The molecule has 27 heavy (non-hydrogen) atoms. The fraction of sp³-hybridized carbons (Fsp3) is 0.400. The third-order valence-corrected chi connectivity index (χ3v) is 5.88. The van der Waals surface area contributed by atoms with Crippen LogP contribution in [-0.4, -0.2) is 35.7 Å². The Morgan fingerprint density at radius 2 is 2.00 bits per heavy atom. The molecule has 0 saturated heterocycles. The largest absolute Gasteiger partial charge is 0.496 e. The van der Waals surface area contributed by atoms with Gasteiger partial charge in [0.05, 0.1) is 14.2 Å². The first kappa shape index (κ1) is 18.1. The highest BCUT2D eigenvalue weighted by Crippen LogP contribution is 2.56. The van der Waals surface area contributed by atoms with Crippen LogP contribution in [0.15, 0.2) is 18.2 Å². The van der Waals surface area contributed by atoms with Crippen molar-refractivity contribution in [3.63, 3.8) is 0 Å². The Hall–Kier alpha value is -2.31. The van der Waals surface area contributed by atoms with E-state index in [0.717, 1.165) is 11.4 Å². The van der Waals surface area contributed by atoms with Crippen molar-refractivity contribution in [2.45, 2.75) is 32.0 Å². The number of methoxy groups -OCH3 is 2. The minimum absolute atomic E-state index is 0.186. The number of hydrogen-bond donors (Lipinski definition) is 1. The number of carbonyl (C=O) groups is 1. The lowest BCUT2D eigenvalue weighted by Crippen LogP contribution is -2.54. The smallest absolute Gasteiger partial charge is 0.217 e. The van der Waals surface area contributed by atoms with Gasteiger partial charge in [-0.2, -0.15) is 0 Å². The minimum Gasteiger partial charge on any atom is -0.496 e. The van der Waals surface area contributed by atoms with Crippen LogP contribution in [-0.2, 0) is 6.42 Å². The zero-order chi connectivity index (χ0) is 19.5. The summed E-state index contributed by atoms with van der Waals surface area (Å²) in [7, 11) is 2.94. The van der Waals surface area contributed by atoms with Crippen molar-refractivity contribution in [2.75, 3.05) is 14.2 Å². The van der Waals surface area contributed by atoms with Crippen LogP contribution in [0.4, 0.5) is 0 Å². The maximum atomic E-state index is 13.5. The summed E-state index contributed by atoms with van der Waals surface area (Å²) >= 11 is 6.42. The highest BCUT2D eigenvalue weighted by atomic mass is 35.5. The second kappa shape index (κ2) is 6.11. The number of carbonyl (C=O) groups excluding carboxylic acids is 1. The molecule has 1 aliphatic heterocycles. The number of aliphatic hydroxyl groups excluding tert-OH is 1. The van der Waals surface area contributed by atoms with Gasteiger partial charge in [-0.1, -0.05) is 24.6 Å². The molecule has 1 aromatic heterocycles. The number of halogens is 1. The van der Waals surface area contributed by atoms with Gasteiger partial charge in [0.25, 0.3) is 0 Å². The number of Topliss-reactive ketones (excluding diaryl/α,β-unsaturated/α-hetero) is 1. The second-order valence-electron chi connectivity index (χ2n) is 7.02. The van der Waals surface area contributed by atoms with Crippen molar-refractivity contribution in [1.29, 1.82) is 0 Å². The number of ketones is 1. The number of ether oxygens (including phenoxy) is 3. The zero-order valence-corrected chi connectivity index (χ0v) is 16.3. The topological polar surface area (TPSA) is 77.9 Å². The molecule has 7 heteroatoms. The predicted molar refractivity (Wildman–Crippen MR) is 99.0 cm³/mol. The van der Waals surface area contributed by atoms with Gasteiger partial charge < -0.3 is 19.3 Å². The molecule has 0 bridgehead atoms. The first-order valence-corrected chi connectivity index (χ1v) is 9.05. The molecule has 2 aromatic rings. The summed E-state index contributed by atoms with van der Waals surface area (Å²) in [5.41, 5.74) is 0.999. The van der Waals surface area contributed by atoms with Gasteiger partial charge in [0.15, 0.2) is 5.75 Å². The average molecular weight is 390 g/mol. The predicted octanol–water partition coefficient (Wildman–Crippen LogP) is 3.30. The number of nitrogens with zero attached hydrogens (tertiary/aromatic N) is 1. The Balaban J connectivity index is 1.91. The van der Waals surface area contributed by atoms with Crippen molar-refractivity contribution < 1.29 is 24.1 Å². The van der Waals surface area contributed by atoms with Crippen LogP contribution in [0.5, 0.6) is 17.2 Å². The van der Waals surface area contributed by atoms with E-state index in [1.54, 1.807) is 12.1 Å². The average Bonchev–Trinajstić information content (AvgIpc) is 2.96. The number of benzene rings is 1. The molecule has 6 nitrogen and oxygen atoms in total. The lowest BCUT2D eigenvalue weighted by molar-refractivity contribution is -0.0642. The Kier molecular flexibility index (Phi) is 4.09. The Labute approximate surface area is 162 Å². The van der Waals surface area contributed by atoms with E-state index in [4.69, 9.17) is 25.8 Å². The maximum Gasteiger partial charge on any atom is 0.217 e. The van der Waals surface area contributed by atoms with Gasteiger partial charge in [0, 0.05) is 28.9 Å². The van der Waals surface area contributed by atoms with Crippen LogP contribution in [0.25, 0.3) is 0 Å². The molecule has 1 unspecified atom stereocenters. The van der Waals surface area contributed by atoms with E-state index >= 15 is 0 Å². The van der Waals surface area contributed by atoms with Crippen molar-refractivity contribution in [2.24, 2.45) is 5.92 Å². The molecule has 4 rings (SSSR count). The van der Waals surface area contributed by atoms with Crippen molar-refractivity contribution in [3.05, 3.63) is 45.7 Å². The molecule has 1 spiro atoms. The molecule has 0 amide bonds. The summed E-state index contributed by atoms with van der Waals surface area (Å²) in [6.07, 6.45) is -0.666. The molecule has 142 valence electrons.